The zero-order valence-electron chi connectivity index (χ0n) is 17.3. The molecule has 3 rings (SSSR count). The lowest BCUT2D eigenvalue weighted by molar-refractivity contribution is -0.250. The van der Waals surface area contributed by atoms with Crippen molar-refractivity contribution in [2.75, 3.05) is 19.6 Å². The summed E-state index contributed by atoms with van der Waals surface area (Å²) in [6, 6.07) is 10.7. The Kier molecular flexibility index (Phi) is 7.28. The molecule has 1 fully saturated rings. The Morgan fingerprint density at radius 1 is 1.03 bits per heavy atom. The molecule has 0 radical (unpaired) electrons. The second kappa shape index (κ2) is 9.79. The normalized spacial score (nSPS) is 15.3. The summed E-state index contributed by atoms with van der Waals surface area (Å²) in [6.45, 7) is -0.221. The van der Waals surface area contributed by atoms with E-state index in [2.05, 4.69) is 4.72 Å². The monoisotopic (exact) mass is 484 g/mol. The fraction of sp³-hybridized carbons (Fsp3) is 0.333. The number of carbonyl (C=O) groups excluding carboxylic acids is 2. The molecule has 8 nitrogen and oxygen atoms in total. The lowest BCUT2D eigenvalue weighted by Crippen LogP contribution is -2.50. The Morgan fingerprint density at radius 2 is 1.67 bits per heavy atom. The summed E-state index contributed by atoms with van der Waals surface area (Å²) in [6.07, 6.45) is -6.15. The van der Waals surface area contributed by atoms with Crippen LogP contribution < -0.4 is 15.1 Å². The average molecular weight is 484 g/mol. The quantitative estimate of drug-likeness (QED) is 0.645. The number of amides is 2. The molecule has 0 saturated carbocycles. The summed E-state index contributed by atoms with van der Waals surface area (Å²) in [5, 5.41) is 12.2. The van der Waals surface area contributed by atoms with Gasteiger partial charge in [-0.3, -0.25) is 4.79 Å². The van der Waals surface area contributed by atoms with E-state index in [1.165, 1.54) is 11.0 Å². The highest BCUT2D eigenvalue weighted by Gasteiger charge is 2.38. The zero-order valence-corrected chi connectivity index (χ0v) is 18.1. The van der Waals surface area contributed by atoms with E-state index in [9.17, 15) is 36.3 Å². The minimum atomic E-state index is -4.89. The second-order valence-corrected chi connectivity index (χ2v) is 9.17. The molecule has 1 saturated heterocycles. The molecule has 0 unspecified atom stereocenters. The van der Waals surface area contributed by atoms with Crippen molar-refractivity contribution in [1.82, 2.24) is 14.9 Å². The molecule has 1 aliphatic heterocycles. The molecule has 2 amide bonds. The lowest BCUT2D eigenvalue weighted by atomic mass is 10.0. The van der Waals surface area contributed by atoms with Crippen LogP contribution in [0.2, 0.25) is 0 Å². The van der Waals surface area contributed by atoms with Gasteiger partial charge in [-0.05, 0) is 36.1 Å². The molecule has 2 N–H and O–H groups in total. The third kappa shape index (κ3) is 6.23. The molecular formula is C21H21F3N3O5S-. The molecule has 0 aromatic heterocycles. The molecule has 12 heteroatoms. The van der Waals surface area contributed by atoms with Crippen molar-refractivity contribution >= 4 is 22.0 Å². The summed E-state index contributed by atoms with van der Waals surface area (Å²) in [5.74, 6) is -0.503. The molecule has 33 heavy (non-hydrogen) atoms. The Labute approximate surface area is 188 Å². The van der Waals surface area contributed by atoms with Gasteiger partial charge in [-0.1, -0.05) is 36.4 Å². The van der Waals surface area contributed by atoms with Crippen LogP contribution in [0, 0.1) is 0 Å². The first-order valence-electron chi connectivity index (χ1n) is 9.99. The molecule has 0 bridgehead atoms. The fourth-order valence-electron chi connectivity index (χ4n) is 3.59. The number of halogens is 3. The topological polar surface area (TPSA) is 119 Å². The summed E-state index contributed by atoms with van der Waals surface area (Å²) in [5.41, 5.74) is -0.513. The first-order valence-corrected chi connectivity index (χ1v) is 11.5. The number of benzene rings is 2. The third-order valence-corrected chi connectivity index (χ3v) is 6.81. The smallest absolute Gasteiger partial charge is 0.417 e. The standard InChI is InChI=1S/C21H22F3N3O5S/c22-21(23,24)17-12-15(14-4-2-1-3-5-14)6-7-18(17)33(31,32)26-16-8-10-27(11-9-16)19(28)13-25-20(29)30/h1-7,12,16,25-26H,8-11,13H2,(H,29,30)/p-1. The van der Waals surface area contributed by atoms with Crippen molar-refractivity contribution in [2.45, 2.75) is 30.0 Å². The highest BCUT2D eigenvalue weighted by molar-refractivity contribution is 7.89. The number of hydrogen-bond donors (Lipinski definition) is 2. The molecule has 2 aromatic carbocycles. The molecule has 0 atom stereocenters. The summed E-state index contributed by atoms with van der Waals surface area (Å²) in [4.78, 5) is 22.8. The summed E-state index contributed by atoms with van der Waals surface area (Å²) >= 11 is 0. The van der Waals surface area contributed by atoms with Crippen molar-refractivity contribution in [2.24, 2.45) is 0 Å². The first-order chi connectivity index (χ1) is 15.5. The summed E-state index contributed by atoms with van der Waals surface area (Å²) < 4.78 is 69.2. The van der Waals surface area contributed by atoms with Crippen LogP contribution in [0.1, 0.15) is 18.4 Å². The highest BCUT2D eigenvalue weighted by Crippen LogP contribution is 2.37. The van der Waals surface area contributed by atoms with Gasteiger partial charge in [0.25, 0.3) is 0 Å². The number of sulfonamides is 1. The van der Waals surface area contributed by atoms with Gasteiger partial charge in [0.15, 0.2) is 0 Å². The van der Waals surface area contributed by atoms with Crippen LogP contribution in [0.5, 0.6) is 0 Å². The molecule has 0 spiro atoms. The second-order valence-electron chi connectivity index (χ2n) is 7.49. The van der Waals surface area contributed by atoms with Crippen LogP contribution in [0.15, 0.2) is 53.4 Å². The molecule has 1 heterocycles. The van der Waals surface area contributed by atoms with Gasteiger partial charge >= 0.3 is 6.18 Å². The van der Waals surface area contributed by atoms with Crippen molar-refractivity contribution in [3.8, 4) is 11.1 Å². The number of carboxylic acid groups (broad SMARTS) is 1. The largest absolute Gasteiger partial charge is 0.530 e. The predicted molar refractivity (Wildman–Crippen MR) is 110 cm³/mol. The van der Waals surface area contributed by atoms with Crippen molar-refractivity contribution in [1.29, 1.82) is 0 Å². The number of piperidine rings is 1. The highest BCUT2D eigenvalue weighted by atomic mass is 32.2. The minimum absolute atomic E-state index is 0.125. The maximum Gasteiger partial charge on any atom is 0.417 e. The van der Waals surface area contributed by atoms with E-state index in [-0.39, 0.29) is 31.5 Å². The number of nitrogens with one attached hydrogen (secondary N) is 2. The van der Waals surface area contributed by atoms with Gasteiger partial charge in [0, 0.05) is 19.1 Å². The Bertz CT molecular complexity index is 1120. The van der Waals surface area contributed by atoms with E-state index >= 15 is 0 Å². The van der Waals surface area contributed by atoms with Crippen LogP contribution >= 0.6 is 0 Å². The van der Waals surface area contributed by atoms with Gasteiger partial charge in [-0.15, -0.1) is 0 Å². The Morgan fingerprint density at radius 3 is 2.24 bits per heavy atom. The van der Waals surface area contributed by atoms with Crippen LogP contribution in [-0.2, 0) is 21.0 Å². The SMILES string of the molecule is O=C([O-])NCC(=O)N1CCC(NS(=O)(=O)c2ccc(-c3ccccc3)cc2C(F)(F)F)CC1. The molecule has 178 valence electrons. The van der Waals surface area contributed by atoms with E-state index in [0.717, 1.165) is 12.1 Å². The maximum atomic E-state index is 13.7. The number of hydrogen-bond acceptors (Lipinski definition) is 5. The van der Waals surface area contributed by atoms with E-state index < -0.39 is 51.2 Å². The number of carbonyl (C=O) groups is 2. The molecule has 2 aromatic rings. The summed E-state index contributed by atoms with van der Waals surface area (Å²) in [7, 11) is -4.50. The van der Waals surface area contributed by atoms with Crippen LogP contribution in [0.4, 0.5) is 18.0 Å². The molecule has 1 aliphatic rings. The van der Waals surface area contributed by atoms with Crippen molar-refractivity contribution in [3.63, 3.8) is 0 Å². The molecule has 0 aliphatic carbocycles. The zero-order chi connectivity index (χ0) is 24.2. The van der Waals surface area contributed by atoms with Gasteiger partial charge in [-0.25, -0.2) is 13.1 Å². The number of rotatable bonds is 6. The third-order valence-electron chi connectivity index (χ3n) is 5.24. The van der Waals surface area contributed by atoms with Gasteiger partial charge in [-0.2, -0.15) is 13.2 Å². The van der Waals surface area contributed by atoms with Crippen LogP contribution in [0.25, 0.3) is 11.1 Å². The minimum Gasteiger partial charge on any atom is -0.530 e. The van der Waals surface area contributed by atoms with Gasteiger partial charge < -0.3 is 20.1 Å². The average Bonchev–Trinajstić information content (AvgIpc) is 2.77. The fourth-order valence-corrected chi connectivity index (χ4v) is 5.10. The number of nitrogens with zero attached hydrogens (tertiary/aromatic N) is 1. The van der Waals surface area contributed by atoms with Crippen LogP contribution in [0.3, 0.4) is 0 Å². The Balaban J connectivity index is 1.75. The van der Waals surface area contributed by atoms with Crippen molar-refractivity contribution in [3.05, 3.63) is 54.1 Å². The van der Waals surface area contributed by atoms with E-state index in [0.29, 0.717) is 5.56 Å². The van der Waals surface area contributed by atoms with Gasteiger partial charge in [0.2, 0.25) is 15.9 Å². The van der Waals surface area contributed by atoms with E-state index in [1.54, 1.807) is 30.3 Å². The lowest BCUT2D eigenvalue weighted by Gasteiger charge is -2.32. The van der Waals surface area contributed by atoms with Crippen molar-refractivity contribution < 1.29 is 36.3 Å². The van der Waals surface area contributed by atoms with Crippen LogP contribution in [-0.4, -0.2) is 51.0 Å². The van der Waals surface area contributed by atoms with Gasteiger partial charge in [0.05, 0.1) is 17.0 Å². The predicted octanol–water partition coefficient (Wildman–Crippen LogP) is 1.57. The van der Waals surface area contributed by atoms with Gasteiger partial charge in [0.1, 0.15) is 6.09 Å². The Hall–Kier alpha value is -3.12. The molecular weight excluding hydrogens is 463 g/mol. The van der Waals surface area contributed by atoms with E-state index in [1.807, 2.05) is 5.32 Å². The van der Waals surface area contributed by atoms with E-state index in [4.69, 9.17) is 0 Å². The maximum absolute atomic E-state index is 13.7. The first kappa shape index (κ1) is 24.5. The number of alkyl halides is 3. The number of likely N-dealkylation sites (tertiary alicyclic amines) is 1.